The van der Waals surface area contributed by atoms with Crippen LogP contribution in [-0.2, 0) is 4.79 Å². The molecule has 3 nitrogen and oxygen atoms in total. The summed E-state index contributed by atoms with van der Waals surface area (Å²) >= 11 is 5.84. The Bertz CT molecular complexity index is 529. The first-order valence-corrected chi connectivity index (χ1v) is 8.87. The lowest BCUT2D eigenvalue weighted by atomic mass is 10.1. The zero-order chi connectivity index (χ0) is 16.8. The highest BCUT2D eigenvalue weighted by Crippen LogP contribution is 2.32. The van der Waals surface area contributed by atoms with E-state index in [1.807, 2.05) is 23.1 Å². The summed E-state index contributed by atoms with van der Waals surface area (Å²) in [5.41, 5.74) is 2.18. The molecule has 1 amide bonds. The van der Waals surface area contributed by atoms with Gasteiger partial charge in [0.15, 0.2) is 0 Å². The minimum absolute atomic E-state index is 0.118. The average molecular weight is 335 g/mol. The van der Waals surface area contributed by atoms with Gasteiger partial charge in [0.1, 0.15) is 0 Å². The average Bonchev–Trinajstić information content (AvgIpc) is 2.99. The summed E-state index contributed by atoms with van der Waals surface area (Å²) in [5.74, 6) is 0.480. The highest BCUT2D eigenvalue weighted by atomic mass is 35.5. The SMILES string of the molecule is C=CCN(C)C1CCCC1N(C(=O)CCCl)c1ccc(C)cc1. The van der Waals surface area contributed by atoms with Crippen molar-refractivity contribution in [3.63, 3.8) is 0 Å². The minimum atomic E-state index is 0.118. The third-order valence-electron chi connectivity index (χ3n) is 4.65. The van der Waals surface area contributed by atoms with E-state index in [2.05, 4.69) is 37.6 Å². The van der Waals surface area contributed by atoms with E-state index in [-0.39, 0.29) is 11.9 Å². The predicted molar refractivity (Wildman–Crippen MR) is 98.3 cm³/mol. The zero-order valence-corrected chi connectivity index (χ0v) is 14.9. The van der Waals surface area contributed by atoms with Gasteiger partial charge in [-0.05, 0) is 45.4 Å². The van der Waals surface area contributed by atoms with Crippen molar-refractivity contribution >= 4 is 23.2 Å². The maximum absolute atomic E-state index is 12.7. The third-order valence-corrected chi connectivity index (χ3v) is 4.84. The number of likely N-dealkylation sites (N-methyl/N-ethyl adjacent to an activating group) is 1. The molecule has 0 aliphatic heterocycles. The Kier molecular flexibility index (Phi) is 6.67. The highest BCUT2D eigenvalue weighted by Gasteiger charge is 2.37. The second-order valence-corrected chi connectivity index (χ2v) is 6.71. The van der Waals surface area contributed by atoms with Crippen molar-refractivity contribution in [2.24, 2.45) is 0 Å². The van der Waals surface area contributed by atoms with Crippen molar-refractivity contribution in [3.05, 3.63) is 42.5 Å². The number of aryl methyl sites for hydroxylation is 1. The lowest BCUT2D eigenvalue weighted by Crippen LogP contribution is -2.50. The number of alkyl halides is 1. The van der Waals surface area contributed by atoms with Gasteiger partial charge < -0.3 is 4.90 Å². The molecule has 126 valence electrons. The van der Waals surface area contributed by atoms with Crippen molar-refractivity contribution in [2.75, 3.05) is 24.4 Å². The molecule has 2 rings (SSSR count). The fraction of sp³-hybridized carbons (Fsp3) is 0.526. The summed E-state index contributed by atoms with van der Waals surface area (Å²) in [7, 11) is 2.12. The Morgan fingerprint density at radius 1 is 1.30 bits per heavy atom. The number of carbonyl (C=O) groups is 1. The zero-order valence-electron chi connectivity index (χ0n) is 14.2. The normalized spacial score (nSPS) is 20.7. The van der Waals surface area contributed by atoms with Crippen molar-refractivity contribution < 1.29 is 4.79 Å². The van der Waals surface area contributed by atoms with E-state index in [1.54, 1.807) is 0 Å². The van der Waals surface area contributed by atoms with Crippen LogP contribution in [0.4, 0.5) is 5.69 Å². The largest absolute Gasteiger partial charge is 0.308 e. The first-order valence-electron chi connectivity index (χ1n) is 8.34. The molecule has 1 aromatic carbocycles. The number of hydrogen-bond acceptors (Lipinski definition) is 2. The molecule has 1 aliphatic rings. The highest BCUT2D eigenvalue weighted by molar-refractivity contribution is 6.19. The molecular formula is C19H27ClN2O. The number of hydrogen-bond donors (Lipinski definition) is 0. The number of carbonyl (C=O) groups excluding carboxylic acids is 1. The third kappa shape index (κ3) is 4.36. The van der Waals surface area contributed by atoms with Gasteiger partial charge in [-0.1, -0.05) is 23.8 Å². The van der Waals surface area contributed by atoms with Crippen LogP contribution >= 0.6 is 11.6 Å². The molecule has 0 aromatic heterocycles. The lowest BCUT2D eigenvalue weighted by molar-refractivity contribution is -0.118. The van der Waals surface area contributed by atoms with Crippen LogP contribution in [0, 0.1) is 6.92 Å². The summed E-state index contributed by atoms with van der Waals surface area (Å²) in [6, 6.07) is 8.79. The van der Waals surface area contributed by atoms with Gasteiger partial charge in [0.2, 0.25) is 5.91 Å². The summed E-state index contributed by atoms with van der Waals surface area (Å²) in [4.78, 5) is 17.0. The van der Waals surface area contributed by atoms with Gasteiger partial charge >= 0.3 is 0 Å². The smallest absolute Gasteiger partial charge is 0.228 e. The number of halogens is 1. The summed E-state index contributed by atoms with van der Waals surface area (Å²) in [6.45, 7) is 6.74. The Balaban J connectivity index is 2.30. The van der Waals surface area contributed by atoms with Gasteiger partial charge in [0, 0.05) is 30.6 Å². The first-order chi connectivity index (χ1) is 11.1. The van der Waals surface area contributed by atoms with Crippen LogP contribution in [0.5, 0.6) is 0 Å². The molecule has 1 fully saturated rings. The molecule has 1 aromatic rings. The van der Waals surface area contributed by atoms with Crippen molar-refractivity contribution in [3.8, 4) is 0 Å². The fourth-order valence-corrected chi connectivity index (χ4v) is 3.66. The van der Waals surface area contributed by atoms with E-state index in [0.717, 1.165) is 31.5 Å². The molecule has 0 bridgehead atoms. The number of benzene rings is 1. The van der Waals surface area contributed by atoms with Crippen LogP contribution in [0.3, 0.4) is 0 Å². The molecule has 4 heteroatoms. The van der Waals surface area contributed by atoms with Crippen molar-refractivity contribution in [2.45, 2.75) is 44.7 Å². The Morgan fingerprint density at radius 3 is 2.57 bits per heavy atom. The van der Waals surface area contributed by atoms with Gasteiger partial charge in [-0.25, -0.2) is 0 Å². The standard InChI is InChI=1S/C19H27ClN2O/c1-4-14-21(3)17-6-5-7-18(17)22(19(23)12-13-20)16-10-8-15(2)9-11-16/h4,8-11,17-18H,1,5-7,12-14H2,2-3H3. The molecule has 0 heterocycles. The first kappa shape index (κ1) is 18.0. The van der Waals surface area contributed by atoms with E-state index >= 15 is 0 Å². The summed E-state index contributed by atoms with van der Waals surface area (Å²) < 4.78 is 0. The number of nitrogens with zero attached hydrogens (tertiary/aromatic N) is 2. The van der Waals surface area contributed by atoms with Crippen LogP contribution in [0.2, 0.25) is 0 Å². The Morgan fingerprint density at radius 2 is 1.96 bits per heavy atom. The maximum Gasteiger partial charge on any atom is 0.228 e. The second-order valence-electron chi connectivity index (χ2n) is 6.33. The second kappa shape index (κ2) is 8.51. The van der Waals surface area contributed by atoms with E-state index < -0.39 is 0 Å². The molecule has 0 saturated heterocycles. The van der Waals surface area contributed by atoms with E-state index in [4.69, 9.17) is 11.6 Å². The summed E-state index contributed by atoms with van der Waals surface area (Å²) in [6.07, 6.45) is 5.60. The molecule has 2 unspecified atom stereocenters. The molecule has 23 heavy (non-hydrogen) atoms. The van der Waals surface area contributed by atoms with Crippen LogP contribution in [-0.4, -0.2) is 42.4 Å². The molecule has 0 spiro atoms. The molecule has 1 aliphatic carbocycles. The van der Waals surface area contributed by atoms with Gasteiger partial charge in [-0.15, -0.1) is 18.2 Å². The Labute approximate surface area is 144 Å². The quantitative estimate of drug-likeness (QED) is 0.556. The van der Waals surface area contributed by atoms with E-state index in [0.29, 0.717) is 18.3 Å². The number of anilines is 1. The number of amides is 1. The molecule has 1 saturated carbocycles. The van der Waals surface area contributed by atoms with Crippen LogP contribution in [0.25, 0.3) is 0 Å². The van der Waals surface area contributed by atoms with Crippen LogP contribution in [0.15, 0.2) is 36.9 Å². The van der Waals surface area contributed by atoms with Gasteiger partial charge in [-0.3, -0.25) is 9.69 Å². The molecule has 2 atom stereocenters. The minimum Gasteiger partial charge on any atom is -0.308 e. The van der Waals surface area contributed by atoms with E-state index in [9.17, 15) is 4.79 Å². The fourth-order valence-electron chi connectivity index (χ4n) is 3.50. The summed E-state index contributed by atoms with van der Waals surface area (Å²) in [5, 5.41) is 0. The van der Waals surface area contributed by atoms with Crippen LogP contribution < -0.4 is 4.90 Å². The lowest BCUT2D eigenvalue weighted by Gasteiger charge is -2.37. The monoisotopic (exact) mass is 334 g/mol. The van der Waals surface area contributed by atoms with Crippen molar-refractivity contribution in [1.29, 1.82) is 0 Å². The van der Waals surface area contributed by atoms with Crippen molar-refractivity contribution in [1.82, 2.24) is 4.90 Å². The Hall–Kier alpha value is -1.32. The van der Waals surface area contributed by atoms with Crippen LogP contribution in [0.1, 0.15) is 31.2 Å². The molecule has 0 radical (unpaired) electrons. The van der Waals surface area contributed by atoms with E-state index in [1.165, 1.54) is 5.56 Å². The molecule has 0 N–H and O–H groups in total. The maximum atomic E-state index is 12.7. The number of rotatable bonds is 7. The topological polar surface area (TPSA) is 23.6 Å². The van der Waals surface area contributed by atoms with Gasteiger partial charge in [0.05, 0.1) is 6.04 Å². The molecular weight excluding hydrogens is 308 g/mol. The van der Waals surface area contributed by atoms with Gasteiger partial charge in [-0.2, -0.15) is 0 Å². The van der Waals surface area contributed by atoms with Gasteiger partial charge in [0.25, 0.3) is 0 Å². The predicted octanol–water partition coefficient (Wildman–Crippen LogP) is 4.00.